The molecule has 32 heavy (non-hydrogen) atoms. The molecular formula is C23H25N5O4. The summed E-state index contributed by atoms with van der Waals surface area (Å²) in [5.74, 6) is 2.03. The van der Waals surface area contributed by atoms with Crippen LogP contribution < -0.4 is 20.6 Å². The molecule has 4 aromatic rings. The van der Waals surface area contributed by atoms with E-state index in [1.165, 1.54) is 14.2 Å². The third-order valence-corrected chi connectivity index (χ3v) is 5.36. The fourth-order valence-electron chi connectivity index (χ4n) is 3.60. The molecule has 9 heteroatoms. The zero-order valence-electron chi connectivity index (χ0n) is 18.4. The van der Waals surface area contributed by atoms with Crippen molar-refractivity contribution >= 4 is 21.8 Å². The molecular weight excluding hydrogens is 410 g/mol. The summed E-state index contributed by atoms with van der Waals surface area (Å²) in [5.41, 5.74) is 0.732. The molecule has 0 bridgehead atoms. The van der Waals surface area contributed by atoms with Crippen LogP contribution in [0.4, 0.5) is 0 Å². The summed E-state index contributed by atoms with van der Waals surface area (Å²) < 4.78 is 10.6. The molecule has 166 valence electrons. The number of nitrogens with zero attached hydrogens (tertiary/aromatic N) is 3. The Bertz CT molecular complexity index is 1390. The number of para-hydroxylation sites is 1. The van der Waals surface area contributed by atoms with Crippen molar-refractivity contribution in [3.05, 3.63) is 68.8 Å². The van der Waals surface area contributed by atoms with Crippen molar-refractivity contribution in [3.8, 4) is 11.5 Å². The van der Waals surface area contributed by atoms with Gasteiger partial charge in [-0.25, -0.2) is 9.97 Å². The van der Waals surface area contributed by atoms with E-state index in [4.69, 9.17) is 9.47 Å². The fraction of sp³-hybridized carbons (Fsp3) is 0.304. The molecule has 0 saturated carbocycles. The SMILES string of the molecule is COc1cc2nc(CN(Cc3nc4ccccc4c(=O)[nH]3)C(C)C)[nH]c(=O)c2cc1OC. The summed E-state index contributed by atoms with van der Waals surface area (Å²) in [7, 11) is 3.06. The Balaban J connectivity index is 1.67. The minimum absolute atomic E-state index is 0.109. The van der Waals surface area contributed by atoms with Gasteiger partial charge in [0.15, 0.2) is 11.5 Å². The Morgan fingerprint density at radius 2 is 1.41 bits per heavy atom. The molecule has 2 N–H and O–H groups in total. The topological polar surface area (TPSA) is 113 Å². The number of ether oxygens (including phenoxy) is 2. The van der Waals surface area contributed by atoms with Crippen molar-refractivity contribution in [1.82, 2.24) is 24.8 Å². The van der Waals surface area contributed by atoms with Crippen LogP contribution in [0, 0.1) is 0 Å². The maximum Gasteiger partial charge on any atom is 0.258 e. The van der Waals surface area contributed by atoms with Crippen molar-refractivity contribution in [2.45, 2.75) is 33.0 Å². The molecule has 9 nitrogen and oxygen atoms in total. The second-order valence-electron chi connectivity index (χ2n) is 7.77. The van der Waals surface area contributed by atoms with Crippen LogP contribution in [-0.2, 0) is 13.1 Å². The van der Waals surface area contributed by atoms with E-state index in [-0.39, 0.29) is 17.2 Å². The second kappa shape index (κ2) is 8.80. The van der Waals surface area contributed by atoms with Gasteiger partial charge < -0.3 is 19.4 Å². The lowest BCUT2D eigenvalue weighted by Crippen LogP contribution is -2.33. The Morgan fingerprint density at radius 1 is 0.844 bits per heavy atom. The van der Waals surface area contributed by atoms with Gasteiger partial charge in [-0.3, -0.25) is 14.5 Å². The van der Waals surface area contributed by atoms with Gasteiger partial charge in [0.2, 0.25) is 0 Å². The first kappa shape index (κ1) is 21.5. The predicted octanol–water partition coefficient (Wildman–Crippen LogP) is 2.59. The summed E-state index contributed by atoms with van der Waals surface area (Å²) in [4.78, 5) is 42.1. The summed E-state index contributed by atoms with van der Waals surface area (Å²) >= 11 is 0. The zero-order valence-corrected chi connectivity index (χ0v) is 18.4. The largest absolute Gasteiger partial charge is 0.493 e. The maximum atomic E-state index is 12.7. The minimum Gasteiger partial charge on any atom is -0.493 e. The van der Waals surface area contributed by atoms with Crippen LogP contribution in [0.25, 0.3) is 21.8 Å². The molecule has 0 aliphatic carbocycles. The Hall–Kier alpha value is -3.72. The van der Waals surface area contributed by atoms with Crippen LogP contribution in [0.5, 0.6) is 11.5 Å². The highest BCUT2D eigenvalue weighted by Crippen LogP contribution is 2.30. The molecule has 0 fully saturated rings. The summed E-state index contributed by atoms with van der Waals surface area (Å²) in [6.45, 7) is 4.83. The number of benzene rings is 2. The van der Waals surface area contributed by atoms with Gasteiger partial charge in [0.05, 0.1) is 49.1 Å². The van der Waals surface area contributed by atoms with Gasteiger partial charge >= 0.3 is 0 Å². The number of rotatable bonds is 7. The van der Waals surface area contributed by atoms with Crippen LogP contribution >= 0.6 is 0 Å². The molecule has 0 amide bonds. The van der Waals surface area contributed by atoms with Gasteiger partial charge in [0, 0.05) is 12.1 Å². The molecule has 0 radical (unpaired) electrons. The highest BCUT2D eigenvalue weighted by Gasteiger charge is 2.17. The molecule has 2 heterocycles. The molecule has 0 saturated heterocycles. The van der Waals surface area contributed by atoms with E-state index >= 15 is 0 Å². The molecule has 0 atom stereocenters. The first-order chi connectivity index (χ1) is 15.4. The smallest absolute Gasteiger partial charge is 0.258 e. The molecule has 0 spiro atoms. The van der Waals surface area contributed by atoms with Gasteiger partial charge in [0.1, 0.15) is 11.6 Å². The molecule has 2 aromatic carbocycles. The lowest BCUT2D eigenvalue weighted by atomic mass is 10.2. The van der Waals surface area contributed by atoms with Crippen LogP contribution in [-0.4, -0.2) is 45.1 Å². The van der Waals surface area contributed by atoms with Gasteiger partial charge in [0.25, 0.3) is 11.1 Å². The van der Waals surface area contributed by atoms with E-state index in [2.05, 4.69) is 24.8 Å². The molecule has 2 aromatic heterocycles. The van der Waals surface area contributed by atoms with Crippen molar-refractivity contribution in [1.29, 1.82) is 0 Å². The Labute approximate surface area is 184 Å². The summed E-state index contributed by atoms with van der Waals surface area (Å²) in [6.07, 6.45) is 0. The van der Waals surface area contributed by atoms with Crippen LogP contribution in [0.3, 0.4) is 0 Å². The average Bonchev–Trinajstić information content (AvgIpc) is 2.77. The molecule has 0 unspecified atom stereocenters. The number of fused-ring (bicyclic) bond motifs is 2. The summed E-state index contributed by atoms with van der Waals surface area (Å²) in [5, 5.41) is 0.972. The lowest BCUT2D eigenvalue weighted by molar-refractivity contribution is 0.193. The predicted molar refractivity (Wildman–Crippen MR) is 122 cm³/mol. The van der Waals surface area contributed by atoms with Crippen molar-refractivity contribution < 1.29 is 9.47 Å². The minimum atomic E-state index is -0.258. The number of nitrogens with one attached hydrogen (secondary N) is 2. The zero-order chi connectivity index (χ0) is 22.8. The third kappa shape index (κ3) is 4.19. The Morgan fingerprint density at radius 3 is 2.03 bits per heavy atom. The second-order valence-corrected chi connectivity index (χ2v) is 7.77. The van der Waals surface area contributed by atoms with Gasteiger partial charge in [-0.1, -0.05) is 12.1 Å². The van der Waals surface area contributed by atoms with Crippen molar-refractivity contribution in [3.63, 3.8) is 0 Å². The van der Waals surface area contributed by atoms with Gasteiger partial charge in [-0.2, -0.15) is 0 Å². The van der Waals surface area contributed by atoms with Crippen molar-refractivity contribution in [2.75, 3.05) is 14.2 Å². The first-order valence-electron chi connectivity index (χ1n) is 10.3. The van der Waals surface area contributed by atoms with Crippen LogP contribution in [0.15, 0.2) is 46.0 Å². The highest BCUT2D eigenvalue weighted by atomic mass is 16.5. The van der Waals surface area contributed by atoms with Gasteiger partial charge in [-0.05, 0) is 32.0 Å². The normalized spacial score (nSPS) is 11.6. The monoisotopic (exact) mass is 435 g/mol. The lowest BCUT2D eigenvalue weighted by Gasteiger charge is -2.25. The quantitative estimate of drug-likeness (QED) is 0.459. The molecule has 4 rings (SSSR count). The van der Waals surface area contributed by atoms with E-state index in [1.54, 1.807) is 18.2 Å². The number of hydrogen-bond acceptors (Lipinski definition) is 7. The van der Waals surface area contributed by atoms with Gasteiger partial charge in [-0.15, -0.1) is 0 Å². The number of aromatic amines is 2. The molecule has 0 aliphatic rings. The molecule has 0 aliphatic heterocycles. The van der Waals surface area contributed by atoms with E-state index < -0.39 is 0 Å². The standard InChI is InChI=1S/C23H25N5O4/c1-13(2)28(11-20-24-16-8-6-5-7-14(16)22(29)26-20)12-21-25-17-10-19(32-4)18(31-3)9-15(17)23(30)27-21/h5-10,13H,11-12H2,1-4H3,(H,24,26,29)(H,25,27,30). The third-order valence-electron chi connectivity index (χ3n) is 5.36. The summed E-state index contributed by atoms with van der Waals surface area (Å²) in [6, 6.07) is 10.6. The van der Waals surface area contributed by atoms with E-state index in [0.717, 1.165) is 0 Å². The van der Waals surface area contributed by atoms with E-state index in [0.29, 0.717) is 58.0 Å². The fourth-order valence-corrected chi connectivity index (χ4v) is 3.60. The highest BCUT2D eigenvalue weighted by molar-refractivity contribution is 5.81. The van der Waals surface area contributed by atoms with E-state index in [1.807, 2.05) is 32.0 Å². The van der Waals surface area contributed by atoms with Crippen molar-refractivity contribution in [2.24, 2.45) is 0 Å². The van der Waals surface area contributed by atoms with Crippen LogP contribution in [0.1, 0.15) is 25.5 Å². The number of aromatic nitrogens is 4. The first-order valence-corrected chi connectivity index (χ1v) is 10.3. The number of hydrogen-bond donors (Lipinski definition) is 2. The number of methoxy groups -OCH3 is 2. The maximum absolute atomic E-state index is 12.7. The van der Waals surface area contributed by atoms with Crippen LogP contribution in [0.2, 0.25) is 0 Å². The number of H-pyrrole nitrogens is 2. The van der Waals surface area contributed by atoms with E-state index in [9.17, 15) is 9.59 Å². The Kier molecular flexibility index (Phi) is 5.91. The average molecular weight is 435 g/mol.